The molecular formula is C12H18N2O. The Bertz CT molecular complexity index is 332. The van der Waals surface area contributed by atoms with E-state index in [0.29, 0.717) is 18.3 Å². The van der Waals surface area contributed by atoms with Gasteiger partial charge >= 0.3 is 0 Å². The summed E-state index contributed by atoms with van der Waals surface area (Å²) in [5.41, 5.74) is 13.2. The van der Waals surface area contributed by atoms with Gasteiger partial charge in [0.25, 0.3) is 0 Å². The molecule has 1 aromatic rings. The van der Waals surface area contributed by atoms with E-state index in [1.807, 2.05) is 18.2 Å². The maximum absolute atomic E-state index is 5.89. The maximum Gasteiger partial charge on any atom is 0.142 e. The van der Waals surface area contributed by atoms with Gasteiger partial charge in [0.2, 0.25) is 0 Å². The number of hydrogen-bond acceptors (Lipinski definition) is 3. The van der Waals surface area contributed by atoms with Crippen molar-refractivity contribution in [1.29, 1.82) is 0 Å². The lowest BCUT2D eigenvalue weighted by Gasteiger charge is -2.15. The average molecular weight is 206 g/mol. The molecule has 0 radical (unpaired) electrons. The maximum atomic E-state index is 5.89. The van der Waals surface area contributed by atoms with E-state index in [0.717, 1.165) is 24.2 Å². The SMILES string of the molecule is NCc1ccc(OC2CCCC2)c(N)c1. The third kappa shape index (κ3) is 2.42. The molecule has 0 spiro atoms. The lowest BCUT2D eigenvalue weighted by molar-refractivity contribution is 0.211. The molecule has 1 saturated carbocycles. The second-order valence-electron chi connectivity index (χ2n) is 4.10. The second kappa shape index (κ2) is 4.53. The van der Waals surface area contributed by atoms with Crippen molar-refractivity contribution >= 4 is 5.69 Å². The molecule has 0 amide bonds. The summed E-state index contributed by atoms with van der Waals surface area (Å²) in [7, 11) is 0. The number of nitrogens with two attached hydrogens (primary N) is 2. The van der Waals surface area contributed by atoms with E-state index >= 15 is 0 Å². The Labute approximate surface area is 90.4 Å². The van der Waals surface area contributed by atoms with Crippen molar-refractivity contribution in [2.75, 3.05) is 5.73 Å². The first kappa shape index (κ1) is 10.3. The van der Waals surface area contributed by atoms with E-state index in [-0.39, 0.29) is 0 Å². The summed E-state index contributed by atoms with van der Waals surface area (Å²) in [5.74, 6) is 0.805. The highest BCUT2D eigenvalue weighted by Gasteiger charge is 2.17. The molecule has 4 N–H and O–H groups in total. The van der Waals surface area contributed by atoms with Crippen LogP contribution >= 0.6 is 0 Å². The zero-order chi connectivity index (χ0) is 10.7. The van der Waals surface area contributed by atoms with Gasteiger partial charge in [-0.05, 0) is 43.4 Å². The smallest absolute Gasteiger partial charge is 0.142 e. The highest BCUT2D eigenvalue weighted by molar-refractivity contribution is 5.54. The van der Waals surface area contributed by atoms with Crippen LogP contribution in [0.15, 0.2) is 18.2 Å². The fraction of sp³-hybridized carbons (Fsp3) is 0.500. The molecule has 1 fully saturated rings. The highest BCUT2D eigenvalue weighted by Crippen LogP contribution is 2.28. The van der Waals surface area contributed by atoms with E-state index in [9.17, 15) is 0 Å². The first-order valence-corrected chi connectivity index (χ1v) is 5.54. The van der Waals surface area contributed by atoms with Crippen molar-refractivity contribution < 1.29 is 4.74 Å². The van der Waals surface area contributed by atoms with E-state index in [1.54, 1.807) is 0 Å². The van der Waals surface area contributed by atoms with Gasteiger partial charge in [0.15, 0.2) is 0 Å². The lowest BCUT2D eigenvalue weighted by Crippen LogP contribution is -2.12. The monoisotopic (exact) mass is 206 g/mol. The van der Waals surface area contributed by atoms with Gasteiger partial charge in [-0.15, -0.1) is 0 Å². The molecular weight excluding hydrogens is 188 g/mol. The van der Waals surface area contributed by atoms with Crippen LogP contribution in [0.25, 0.3) is 0 Å². The standard InChI is InChI=1S/C12H18N2O/c13-8-9-5-6-12(11(14)7-9)15-10-3-1-2-4-10/h5-7,10H,1-4,8,13-14H2. The van der Waals surface area contributed by atoms with Gasteiger partial charge in [-0.2, -0.15) is 0 Å². The molecule has 82 valence electrons. The summed E-state index contributed by atoms with van der Waals surface area (Å²) in [4.78, 5) is 0. The number of ether oxygens (including phenoxy) is 1. The Kier molecular flexibility index (Phi) is 3.11. The Morgan fingerprint density at radius 2 is 2.00 bits per heavy atom. The quantitative estimate of drug-likeness (QED) is 0.744. The highest BCUT2D eigenvalue weighted by atomic mass is 16.5. The molecule has 0 aliphatic heterocycles. The average Bonchev–Trinajstić information content (AvgIpc) is 2.74. The van der Waals surface area contributed by atoms with Crippen LogP contribution in [-0.4, -0.2) is 6.10 Å². The molecule has 0 atom stereocenters. The third-order valence-corrected chi connectivity index (χ3v) is 2.91. The second-order valence-corrected chi connectivity index (χ2v) is 4.10. The van der Waals surface area contributed by atoms with E-state index in [4.69, 9.17) is 16.2 Å². The Morgan fingerprint density at radius 1 is 1.27 bits per heavy atom. The minimum absolute atomic E-state index is 0.357. The van der Waals surface area contributed by atoms with E-state index in [2.05, 4.69) is 0 Å². The molecule has 0 bridgehead atoms. The summed E-state index contributed by atoms with van der Waals surface area (Å²) >= 11 is 0. The topological polar surface area (TPSA) is 61.3 Å². The van der Waals surface area contributed by atoms with Crippen molar-refractivity contribution in [2.45, 2.75) is 38.3 Å². The van der Waals surface area contributed by atoms with Gasteiger partial charge in [0.1, 0.15) is 5.75 Å². The molecule has 15 heavy (non-hydrogen) atoms. The predicted molar refractivity (Wildman–Crippen MR) is 61.6 cm³/mol. The molecule has 0 aromatic heterocycles. The summed E-state index contributed by atoms with van der Waals surface area (Å²) in [6, 6.07) is 5.79. The van der Waals surface area contributed by atoms with Crippen molar-refractivity contribution in [3.8, 4) is 5.75 Å². The zero-order valence-electron chi connectivity index (χ0n) is 8.91. The van der Waals surface area contributed by atoms with Gasteiger partial charge in [0.05, 0.1) is 11.8 Å². The largest absolute Gasteiger partial charge is 0.488 e. The number of benzene rings is 1. The van der Waals surface area contributed by atoms with Gasteiger partial charge in [-0.1, -0.05) is 6.07 Å². The summed E-state index contributed by atoms with van der Waals surface area (Å²) in [5, 5.41) is 0. The molecule has 1 aromatic carbocycles. The number of anilines is 1. The minimum Gasteiger partial charge on any atom is -0.488 e. The number of rotatable bonds is 3. The van der Waals surface area contributed by atoms with E-state index < -0.39 is 0 Å². The molecule has 2 rings (SSSR count). The predicted octanol–water partition coefficient (Wildman–Crippen LogP) is 2.05. The van der Waals surface area contributed by atoms with Crippen molar-refractivity contribution in [3.63, 3.8) is 0 Å². The Hall–Kier alpha value is -1.22. The minimum atomic E-state index is 0.357. The van der Waals surface area contributed by atoms with Gasteiger partial charge in [-0.3, -0.25) is 0 Å². The summed E-state index contributed by atoms with van der Waals surface area (Å²) < 4.78 is 5.84. The van der Waals surface area contributed by atoms with Crippen LogP contribution in [-0.2, 0) is 6.54 Å². The molecule has 0 unspecified atom stereocenters. The Morgan fingerprint density at radius 3 is 2.60 bits per heavy atom. The van der Waals surface area contributed by atoms with Gasteiger partial charge in [-0.25, -0.2) is 0 Å². The summed E-state index contributed by atoms with van der Waals surface area (Å²) in [6.07, 6.45) is 5.20. The van der Waals surface area contributed by atoms with E-state index in [1.165, 1.54) is 12.8 Å². The van der Waals surface area contributed by atoms with Crippen molar-refractivity contribution in [2.24, 2.45) is 5.73 Å². The van der Waals surface area contributed by atoms with Crippen LogP contribution in [0.4, 0.5) is 5.69 Å². The van der Waals surface area contributed by atoms with Crippen LogP contribution < -0.4 is 16.2 Å². The molecule has 1 aliphatic carbocycles. The van der Waals surface area contributed by atoms with Crippen LogP contribution in [0, 0.1) is 0 Å². The molecule has 1 aliphatic rings. The molecule has 0 heterocycles. The molecule has 0 saturated heterocycles. The van der Waals surface area contributed by atoms with Crippen LogP contribution in [0.2, 0.25) is 0 Å². The van der Waals surface area contributed by atoms with Crippen LogP contribution in [0.3, 0.4) is 0 Å². The van der Waals surface area contributed by atoms with Crippen LogP contribution in [0.1, 0.15) is 31.2 Å². The normalized spacial score (nSPS) is 16.9. The zero-order valence-corrected chi connectivity index (χ0v) is 8.91. The Balaban J connectivity index is 2.07. The van der Waals surface area contributed by atoms with Crippen molar-refractivity contribution in [1.82, 2.24) is 0 Å². The first-order chi connectivity index (χ1) is 7.29. The number of hydrogen-bond donors (Lipinski definition) is 2. The van der Waals surface area contributed by atoms with Crippen molar-refractivity contribution in [3.05, 3.63) is 23.8 Å². The fourth-order valence-corrected chi connectivity index (χ4v) is 2.02. The van der Waals surface area contributed by atoms with Gasteiger partial charge in [0, 0.05) is 6.54 Å². The molecule has 3 nitrogen and oxygen atoms in total. The first-order valence-electron chi connectivity index (χ1n) is 5.54. The molecule has 3 heteroatoms. The lowest BCUT2D eigenvalue weighted by atomic mass is 10.2. The number of nitrogen functional groups attached to an aromatic ring is 1. The van der Waals surface area contributed by atoms with Gasteiger partial charge < -0.3 is 16.2 Å². The van der Waals surface area contributed by atoms with Crippen LogP contribution in [0.5, 0.6) is 5.75 Å². The summed E-state index contributed by atoms with van der Waals surface area (Å²) in [6.45, 7) is 0.522. The fourth-order valence-electron chi connectivity index (χ4n) is 2.02. The third-order valence-electron chi connectivity index (χ3n) is 2.91.